The van der Waals surface area contributed by atoms with Crippen molar-refractivity contribution in [1.82, 2.24) is 0 Å². The Kier molecular flexibility index (Phi) is 7.30. The van der Waals surface area contributed by atoms with Gasteiger partial charge >= 0.3 is 0 Å². The van der Waals surface area contributed by atoms with E-state index in [1.54, 1.807) is 0 Å². The summed E-state index contributed by atoms with van der Waals surface area (Å²) in [5, 5.41) is 0. The lowest BCUT2D eigenvalue weighted by atomic mass is 10.3. The van der Waals surface area contributed by atoms with Gasteiger partial charge < -0.3 is 0 Å². The molecule has 1 fully saturated rings. The van der Waals surface area contributed by atoms with Crippen molar-refractivity contribution in [3.63, 3.8) is 0 Å². The lowest BCUT2D eigenvalue weighted by molar-refractivity contribution is 0.886. The van der Waals surface area contributed by atoms with Crippen molar-refractivity contribution in [3.8, 4) is 0 Å². The number of nitrogens with zero attached hydrogens (tertiary/aromatic N) is 1. The largest absolute Gasteiger partial charge is 0.297 e. The van der Waals surface area contributed by atoms with Crippen LogP contribution in [0.15, 0.2) is 4.99 Å². The summed E-state index contributed by atoms with van der Waals surface area (Å²) in [5.41, 5.74) is 1.42. The molecular formula is C7H13NS2. The van der Waals surface area contributed by atoms with Gasteiger partial charge in [0.2, 0.25) is 0 Å². The summed E-state index contributed by atoms with van der Waals surface area (Å²) >= 11 is 7.61. The average Bonchev–Trinajstić information content (AvgIpc) is 2.39. The molecule has 1 saturated carbocycles. The van der Waals surface area contributed by atoms with Crippen LogP contribution in [0.2, 0.25) is 0 Å². The molecule has 0 heterocycles. The molecule has 0 aromatic rings. The maximum atomic E-state index is 4.13. The van der Waals surface area contributed by atoms with E-state index in [0.717, 1.165) is 0 Å². The third-order valence-electron chi connectivity index (χ3n) is 1.50. The molecule has 0 unspecified atom stereocenters. The van der Waals surface area contributed by atoms with Gasteiger partial charge in [-0.25, -0.2) is 0 Å². The lowest BCUT2D eigenvalue weighted by Crippen LogP contribution is -1.84. The zero-order valence-corrected chi connectivity index (χ0v) is 7.92. The standard InChI is InChI=1S/C6H11N.CH2S2/c1-7-6-4-2-3-5-6;2-1-3/h2-5H2,1H3;1H,(H,2,3). The van der Waals surface area contributed by atoms with Crippen LogP contribution >= 0.6 is 24.8 Å². The Morgan fingerprint density at radius 3 is 2.10 bits per heavy atom. The minimum atomic E-state index is 1.26. The number of rotatable bonds is 0. The smallest absolute Gasteiger partial charge is 0.0310 e. The van der Waals surface area contributed by atoms with E-state index < -0.39 is 0 Å². The first kappa shape index (κ1) is 10.1. The monoisotopic (exact) mass is 175 g/mol. The first-order valence-electron chi connectivity index (χ1n) is 3.37. The van der Waals surface area contributed by atoms with E-state index in [9.17, 15) is 0 Å². The lowest BCUT2D eigenvalue weighted by Gasteiger charge is -1.84. The van der Waals surface area contributed by atoms with E-state index in [0.29, 0.717) is 0 Å². The Labute approximate surface area is 73.3 Å². The molecule has 0 saturated heterocycles. The molecule has 0 bridgehead atoms. The van der Waals surface area contributed by atoms with Gasteiger partial charge in [0.1, 0.15) is 0 Å². The molecule has 1 aliphatic carbocycles. The quantitative estimate of drug-likeness (QED) is 0.441. The van der Waals surface area contributed by atoms with Gasteiger partial charge in [-0.05, 0) is 25.7 Å². The minimum absolute atomic E-state index is 1.26. The average molecular weight is 175 g/mol. The van der Waals surface area contributed by atoms with Crippen molar-refractivity contribution in [2.24, 2.45) is 4.99 Å². The summed E-state index contributed by atoms with van der Waals surface area (Å²) in [4.78, 5) is 4.10. The Balaban J connectivity index is 0.000000236. The highest BCUT2D eigenvalue weighted by molar-refractivity contribution is 8.08. The zero-order valence-electron chi connectivity index (χ0n) is 6.21. The van der Waals surface area contributed by atoms with Gasteiger partial charge in [-0.1, -0.05) is 12.2 Å². The molecular weight excluding hydrogens is 162 g/mol. The fourth-order valence-corrected chi connectivity index (χ4v) is 1.01. The van der Waals surface area contributed by atoms with Crippen LogP contribution in [0.4, 0.5) is 0 Å². The molecule has 3 heteroatoms. The van der Waals surface area contributed by atoms with Crippen LogP contribution in [-0.2, 0) is 0 Å². The summed E-state index contributed by atoms with van der Waals surface area (Å²) < 4.78 is 1.28. The number of hydrogen-bond donors (Lipinski definition) is 1. The Morgan fingerprint density at radius 2 is 1.90 bits per heavy atom. The molecule has 1 aliphatic rings. The van der Waals surface area contributed by atoms with Gasteiger partial charge in [0.05, 0.1) is 0 Å². The number of thiocarbonyl (C=S) groups is 1. The van der Waals surface area contributed by atoms with Gasteiger partial charge in [0, 0.05) is 17.5 Å². The summed E-state index contributed by atoms with van der Waals surface area (Å²) in [5.74, 6) is 0. The molecule has 0 aromatic heterocycles. The third-order valence-corrected chi connectivity index (χ3v) is 1.50. The Hall–Kier alpha value is 0.110. The molecule has 0 radical (unpaired) electrons. The topological polar surface area (TPSA) is 12.4 Å². The van der Waals surface area contributed by atoms with Crippen LogP contribution in [-0.4, -0.2) is 17.5 Å². The van der Waals surface area contributed by atoms with Crippen LogP contribution in [0.5, 0.6) is 0 Å². The highest BCUT2D eigenvalue weighted by Gasteiger charge is 2.04. The van der Waals surface area contributed by atoms with Gasteiger partial charge in [-0.15, -0.1) is 12.6 Å². The van der Waals surface area contributed by atoms with Crippen molar-refractivity contribution < 1.29 is 0 Å². The maximum absolute atomic E-state index is 4.13. The molecule has 0 atom stereocenters. The van der Waals surface area contributed by atoms with E-state index in [4.69, 9.17) is 0 Å². The second-order valence-electron chi connectivity index (χ2n) is 2.10. The van der Waals surface area contributed by atoms with E-state index in [-0.39, 0.29) is 0 Å². The van der Waals surface area contributed by atoms with Gasteiger partial charge in [-0.3, -0.25) is 4.99 Å². The van der Waals surface area contributed by atoms with Crippen LogP contribution < -0.4 is 0 Å². The Bertz CT molecular complexity index is 113. The van der Waals surface area contributed by atoms with Crippen molar-refractivity contribution in [2.75, 3.05) is 7.05 Å². The molecule has 0 spiro atoms. The molecule has 1 rings (SSSR count). The second-order valence-corrected chi connectivity index (χ2v) is 2.95. The maximum Gasteiger partial charge on any atom is 0.0310 e. The SMILES string of the molecule is CN=C1CCCC1.S=CS. The van der Waals surface area contributed by atoms with Crippen LogP contribution in [0.25, 0.3) is 0 Å². The molecule has 58 valence electrons. The fourth-order valence-electron chi connectivity index (χ4n) is 1.01. The summed E-state index contributed by atoms with van der Waals surface area (Å²) in [6.07, 6.45) is 5.26. The van der Waals surface area contributed by atoms with Crippen molar-refractivity contribution in [1.29, 1.82) is 0 Å². The molecule has 1 nitrogen and oxygen atoms in total. The normalized spacial score (nSPS) is 15.6. The molecule has 0 N–H and O–H groups in total. The molecule has 0 amide bonds. The first-order valence-corrected chi connectivity index (χ1v) is 4.36. The van der Waals surface area contributed by atoms with Gasteiger partial charge in [-0.2, -0.15) is 0 Å². The van der Waals surface area contributed by atoms with Gasteiger partial charge in [0.15, 0.2) is 0 Å². The van der Waals surface area contributed by atoms with Crippen molar-refractivity contribution in [3.05, 3.63) is 0 Å². The van der Waals surface area contributed by atoms with Crippen molar-refractivity contribution >= 4 is 35.3 Å². The first-order chi connectivity index (χ1) is 4.85. The minimum Gasteiger partial charge on any atom is -0.297 e. The third kappa shape index (κ3) is 4.94. The second kappa shape index (κ2) is 7.22. The predicted octanol–water partition coefficient (Wildman–Crippen LogP) is 2.50. The predicted molar refractivity (Wildman–Crippen MR) is 54.5 cm³/mol. The zero-order chi connectivity index (χ0) is 7.82. The summed E-state index contributed by atoms with van der Waals surface area (Å²) in [6, 6.07) is 0. The Morgan fingerprint density at radius 1 is 1.50 bits per heavy atom. The summed E-state index contributed by atoms with van der Waals surface area (Å²) in [6.45, 7) is 0. The number of thiol groups is 1. The number of aliphatic imine (C=N–C) groups is 1. The van der Waals surface area contributed by atoms with Gasteiger partial charge in [0.25, 0.3) is 0 Å². The van der Waals surface area contributed by atoms with Crippen molar-refractivity contribution in [2.45, 2.75) is 25.7 Å². The molecule has 0 aliphatic heterocycles. The molecule has 10 heavy (non-hydrogen) atoms. The molecule has 0 aromatic carbocycles. The summed E-state index contributed by atoms with van der Waals surface area (Å²) in [7, 11) is 1.89. The fraction of sp³-hybridized carbons (Fsp3) is 0.714. The van der Waals surface area contributed by atoms with E-state index in [1.165, 1.54) is 36.1 Å². The van der Waals surface area contributed by atoms with Crippen LogP contribution in [0.3, 0.4) is 0 Å². The van der Waals surface area contributed by atoms with Crippen LogP contribution in [0, 0.1) is 0 Å². The van der Waals surface area contributed by atoms with Crippen LogP contribution in [0.1, 0.15) is 25.7 Å². The van der Waals surface area contributed by atoms with E-state index >= 15 is 0 Å². The number of hydrogen-bond acceptors (Lipinski definition) is 2. The highest BCUT2D eigenvalue weighted by atomic mass is 32.1. The van der Waals surface area contributed by atoms with E-state index in [2.05, 4.69) is 29.8 Å². The highest BCUT2D eigenvalue weighted by Crippen LogP contribution is 2.13. The van der Waals surface area contributed by atoms with E-state index in [1.807, 2.05) is 7.05 Å².